The Hall–Kier alpha value is -3.57. The Morgan fingerprint density at radius 1 is 1.21 bits per heavy atom. The number of fused-ring (bicyclic) bond motifs is 2. The van der Waals surface area contributed by atoms with Gasteiger partial charge >= 0.3 is 0 Å². The van der Waals surface area contributed by atoms with Crippen LogP contribution in [0.1, 0.15) is 30.1 Å². The minimum atomic E-state index is -0.0562. The highest BCUT2D eigenvalue weighted by Crippen LogP contribution is 2.23. The largest absolute Gasteiger partial charge is 0.317 e. The number of hydrogen-bond acceptors (Lipinski definition) is 6. The summed E-state index contributed by atoms with van der Waals surface area (Å²) < 4.78 is 3.57. The van der Waals surface area contributed by atoms with Crippen LogP contribution in [0.4, 0.5) is 0 Å². The summed E-state index contributed by atoms with van der Waals surface area (Å²) in [6.45, 7) is 3.70. The predicted octanol–water partition coefficient (Wildman–Crippen LogP) is 2.21. The normalized spacial score (nSPS) is 15.0. The second kappa shape index (κ2) is 6.79. The van der Waals surface area contributed by atoms with Crippen molar-refractivity contribution in [2.24, 2.45) is 0 Å². The van der Waals surface area contributed by atoms with Gasteiger partial charge < -0.3 is 9.72 Å². The van der Waals surface area contributed by atoms with Crippen LogP contribution in [0.5, 0.6) is 0 Å². The van der Waals surface area contributed by atoms with Crippen molar-refractivity contribution >= 4 is 16.7 Å². The maximum Gasteiger partial charge on any atom is 0.263 e. The van der Waals surface area contributed by atoms with E-state index < -0.39 is 0 Å². The van der Waals surface area contributed by atoms with Gasteiger partial charge in [0, 0.05) is 24.0 Å². The molecule has 1 aliphatic rings. The van der Waals surface area contributed by atoms with E-state index in [2.05, 4.69) is 26.3 Å². The Labute approximate surface area is 166 Å². The number of piperidine rings is 1. The van der Waals surface area contributed by atoms with Crippen LogP contribution >= 0.6 is 0 Å². The summed E-state index contributed by atoms with van der Waals surface area (Å²) in [5, 5.41) is 13.3. The Bertz CT molecular complexity index is 1340. The van der Waals surface area contributed by atoms with Crippen molar-refractivity contribution in [3.8, 4) is 17.3 Å². The van der Waals surface area contributed by atoms with E-state index in [9.17, 15) is 10.1 Å². The molecule has 0 atom stereocenters. The van der Waals surface area contributed by atoms with E-state index >= 15 is 0 Å². The van der Waals surface area contributed by atoms with Gasteiger partial charge in [-0.15, -0.1) is 0 Å². The van der Waals surface area contributed by atoms with E-state index in [4.69, 9.17) is 0 Å². The zero-order valence-corrected chi connectivity index (χ0v) is 16.0. The number of aromatic nitrogens is 5. The lowest BCUT2D eigenvalue weighted by Gasteiger charge is -2.24. The number of nitrogens with one attached hydrogen (secondary N) is 1. The molecular formula is C21H19N7O. The van der Waals surface area contributed by atoms with Gasteiger partial charge in [-0.05, 0) is 51.1 Å². The molecule has 1 saturated heterocycles. The van der Waals surface area contributed by atoms with Gasteiger partial charge in [0.25, 0.3) is 5.56 Å². The number of rotatable bonds is 2. The van der Waals surface area contributed by atoms with Crippen LogP contribution in [0, 0.1) is 18.3 Å². The molecule has 4 aromatic rings. The van der Waals surface area contributed by atoms with E-state index in [1.54, 1.807) is 23.0 Å². The van der Waals surface area contributed by atoms with Crippen molar-refractivity contribution in [3.05, 3.63) is 58.5 Å². The lowest BCUT2D eigenvalue weighted by Crippen LogP contribution is -2.34. The Morgan fingerprint density at radius 3 is 2.83 bits per heavy atom. The topological polar surface area (TPSA) is 101 Å². The molecule has 0 saturated carbocycles. The molecule has 1 fully saturated rings. The smallest absolute Gasteiger partial charge is 0.263 e. The van der Waals surface area contributed by atoms with Crippen molar-refractivity contribution in [2.75, 3.05) is 13.1 Å². The lowest BCUT2D eigenvalue weighted by molar-refractivity contribution is 0.359. The molecule has 144 valence electrons. The maximum absolute atomic E-state index is 13.0. The molecule has 1 N–H and O–H groups in total. The third kappa shape index (κ3) is 2.96. The molecular weight excluding hydrogens is 366 g/mol. The summed E-state index contributed by atoms with van der Waals surface area (Å²) >= 11 is 0. The molecule has 0 aliphatic carbocycles. The minimum absolute atomic E-state index is 0.0562. The summed E-state index contributed by atoms with van der Waals surface area (Å²) in [4.78, 5) is 26.4. The van der Waals surface area contributed by atoms with Crippen LogP contribution in [-0.4, -0.2) is 37.0 Å². The summed E-state index contributed by atoms with van der Waals surface area (Å²) in [7, 11) is 0. The van der Waals surface area contributed by atoms with Gasteiger partial charge in [-0.25, -0.2) is 15.0 Å². The quantitative estimate of drug-likeness (QED) is 0.568. The first kappa shape index (κ1) is 17.5. The van der Waals surface area contributed by atoms with Crippen LogP contribution in [0.15, 0.2) is 41.7 Å². The molecule has 0 radical (unpaired) electrons. The van der Waals surface area contributed by atoms with Gasteiger partial charge in [-0.3, -0.25) is 9.36 Å². The minimum Gasteiger partial charge on any atom is -0.317 e. The fourth-order valence-corrected chi connectivity index (χ4v) is 3.97. The molecule has 5 rings (SSSR count). The average molecular weight is 385 g/mol. The van der Waals surface area contributed by atoms with Gasteiger partial charge in [0.2, 0.25) is 0 Å². The molecule has 0 aromatic carbocycles. The number of pyridine rings is 2. The highest BCUT2D eigenvalue weighted by molar-refractivity contribution is 5.78. The standard InChI is InChI=1S/C21H19N7O/c1-13-10-27-11-15(8-14(9-22)20(27)25-13)18-3-2-17-19(26-18)24-12-28(21(17)29)16-4-6-23-7-5-16/h2-3,8,10-12,16,23H,4-7H2,1H3. The van der Waals surface area contributed by atoms with Gasteiger partial charge in [0.1, 0.15) is 12.4 Å². The van der Waals surface area contributed by atoms with Crippen molar-refractivity contribution in [1.29, 1.82) is 5.26 Å². The summed E-state index contributed by atoms with van der Waals surface area (Å²) in [6.07, 6.45) is 7.21. The Kier molecular flexibility index (Phi) is 4.11. The molecule has 29 heavy (non-hydrogen) atoms. The van der Waals surface area contributed by atoms with E-state index in [1.807, 2.05) is 29.8 Å². The molecule has 5 heterocycles. The summed E-state index contributed by atoms with van der Waals surface area (Å²) in [5.41, 5.74) is 3.73. The van der Waals surface area contributed by atoms with Crippen molar-refractivity contribution in [3.63, 3.8) is 0 Å². The molecule has 0 bridgehead atoms. The predicted molar refractivity (Wildman–Crippen MR) is 109 cm³/mol. The number of hydrogen-bond donors (Lipinski definition) is 1. The van der Waals surface area contributed by atoms with Crippen LogP contribution in [-0.2, 0) is 0 Å². The zero-order chi connectivity index (χ0) is 20.0. The molecule has 1 aliphatic heterocycles. The molecule has 8 heteroatoms. The highest BCUT2D eigenvalue weighted by Gasteiger charge is 2.18. The first-order valence-corrected chi connectivity index (χ1v) is 9.62. The maximum atomic E-state index is 13.0. The van der Waals surface area contributed by atoms with Crippen molar-refractivity contribution in [2.45, 2.75) is 25.8 Å². The van der Waals surface area contributed by atoms with Gasteiger partial charge in [0.05, 0.1) is 22.3 Å². The van der Waals surface area contributed by atoms with Crippen LogP contribution in [0.25, 0.3) is 27.9 Å². The van der Waals surface area contributed by atoms with Crippen LogP contribution in [0.2, 0.25) is 0 Å². The number of nitrogens with zero attached hydrogens (tertiary/aromatic N) is 6. The first-order valence-electron chi connectivity index (χ1n) is 9.62. The summed E-state index contributed by atoms with van der Waals surface area (Å²) in [6, 6.07) is 7.73. The molecule has 0 unspecified atom stereocenters. The van der Waals surface area contributed by atoms with Gasteiger partial charge in [-0.1, -0.05) is 0 Å². The van der Waals surface area contributed by atoms with Crippen LogP contribution < -0.4 is 10.9 Å². The van der Waals surface area contributed by atoms with E-state index in [1.165, 1.54) is 0 Å². The second-order valence-electron chi connectivity index (χ2n) is 7.37. The fourth-order valence-electron chi connectivity index (χ4n) is 3.97. The van der Waals surface area contributed by atoms with Gasteiger partial charge in [-0.2, -0.15) is 5.26 Å². The third-order valence-corrected chi connectivity index (χ3v) is 5.43. The first-order chi connectivity index (χ1) is 14.1. The van der Waals surface area contributed by atoms with E-state index in [0.717, 1.165) is 37.2 Å². The Morgan fingerprint density at radius 2 is 2.03 bits per heavy atom. The van der Waals surface area contributed by atoms with Crippen molar-refractivity contribution in [1.82, 2.24) is 29.2 Å². The number of nitriles is 1. The fraction of sp³-hybridized carbons (Fsp3) is 0.286. The zero-order valence-electron chi connectivity index (χ0n) is 16.0. The van der Waals surface area contributed by atoms with Crippen molar-refractivity contribution < 1.29 is 0 Å². The molecule has 0 amide bonds. The van der Waals surface area contributed by atoms with Gasteiger partial charge in [0.15, 0.2) is 11.3 Å². The third-order valence-electron chi connectivity index (χ3n) is 5.43. The van der Waals surface area contributed by atoms with Crippen LogP contribution in [0.3, 0.4) is 0 Å². The second-order valence-corrected chi connectivity index (χ2v) is 7.37. The molecule has 0 spiro atoms. The van der Waals surface area contributed by atoms with E-state index in [0.29, 0.717) is 27.9 Å². The Balaban J connectivity index is 1.61. The highest BCUT2D eigenvalue weighted by atomic mass is 16.1. The summed E-state index contributed by atoms with van der Waals surface area (Å²) in [5.74, 6) is 0. The SMILES string of the molecule is Cc1cn2cc(-c3ccc4c(=O)n(C5CCNCC5)cnc4n3)cc(C#N)c2n1. The lowest BCUT2D eigenvalue weighted by atomic mass is 10.1. The monoisotopic (exact) mass is 385 g/mol. The number of aryl methyl sites for hydroxylation is 1. The van der Waals surface area contributed by atoms with E-state index in [-0.39, 0.29) is 11.6 Å². The molecule has 8 nitrogen and oxygen atoms in total. The number of imidazole rings is 1. The molecule has 4 aromatic heterocycles. The average Bonchev–Trinajstić information content (AvgIpc) is 3.13.